The molecule has 1 saturated carbocycles. The van der Waals surface area contributed by atoms with Gasteiger partial charge in [0.15, 0.2) is 0 Å². The monoisotopic (exact) mass is 276 g/mol. The average Bonchev–Trinajstić information content (AvgIpc) is 2.34. The minimum Gasteiger partial charge on any atom is -0.435 e. The predicted molar refractivity (Wildman–Crippen MR) is 79.9 cm³/mol. The molecule has 0 aromatic rings. The lowest BCUT2D eigenvalue weighted by molar-refractivity contribution is -0.135. The van der Waals surface area contributed by atoms with Crippen molar-refractivity contribution in [2.45, 2.75) is 46.5 Å². The van der Waals surface area contributed by atoms with Crippen molar-refractivity contribution in [2.24, 2.45) is 11.3 Å². The normalized spacial score (nSPS) is 22.9. The largest absolute Gasteiger partial charge is 0.435 e. The summed E-state index contributed by atoms with van der Waals surface area (Å²) in [5.41, 5.74) is 2.02. The minimum absolute atomic E-state index is 0.222. The Kier molecular flexibility index (Phi) is 5.93. The number of esters is 1. The molecule has 0 aromatic heterocycles. The summed E-state index contributed by atoms with van der Waals surface area (Å²) in [4.78, 5) is 21.7. The smallest absolute Gasteiger partial charge is 0.307 e. The maximum absolute atomic E-state index is 11.0. The molecule has 110 valence electrons. The maximum Gasteiger partial charge on any atom is 0.307 e. The van der Waals surface area contributed by atoms with Crippen LogP contribution in [0.2, 0.25) is 0 Å². The van der Waals surface area contributed by atoms with E-state index in [0.29, 0.717) is 11.5 Å². The van der Waals surface area contributed by atoms with Crippen LogP contribution in [0, 0.1) is 11.3 Å². The Morgan fingerprint density at radius 2 is 2.20 bits per heavy atom. The van der Waals surface area contributed by atoms with E-state index in [1.807, 2.05) is 6.08 Å². The number of hydrogen-bond acceptors (Lipinski definition) is 3. The van der Waals surface area contributed by atoms with Gasteiger partial charge in [0.1, 0.15) is 6.29 Å². The molecular formula is C17H24O3. The fourth-order valence-electron chi connectivity index (χ4n) is 2.78. The zero-order chi connectivity index (χ0) is 15.2. The molecule has 1 aliphatic rings. The van der Waals surface area contributed by atoms with Gasteiger partial charge in [-0.2, -0.15) is 0 Å². The van der Waals surface area contributed by atoms with Gasteiger partial charge in [0.25, 0.3) is 0 Å². The van der Waals surface area contributed by atoms with Crippen LogP contribution in [-0.2, 0) is 14.3 Å². The van der Waals surface area contributed by atoms with Crippen LogP contribution in [0.1, 0.15) is 46.5 Å². The van der Waals surface area contributed by atoms with Crippen LogP contribution in [0.25, 0.3) is 0 Å². The van der Waals surface area contributed by atoms with Crippen LogP contribution in [-0.4, -0.2) is 12.3 Å². The van der Waals surface area contributed by atoms with E-state index in [1.165, 1.54) is 37.7 Å². The maximum atomic E-state index is 11.0. The molecule has 0 aromatic carbocycles. The zero-order valence-corrected chi connectivity index (χ0v) is 12.6. The summed E-state index contributed by atoms with van der Waals surface area (Å²) >= 11 is 0. The molecule has 0 saturated heterocycles. The van der Waals surface area contributed by atoms with Gasteiger partial charge in [-0.15, -0.1) is 0 Å². The molecule has 1 fully saturated rings. The fourth-order valence-corrected chi connectivity index (χ4v) is 2.78. The molecule has 0 spiro atoms. The molecule has 1 aliphatic carbocycles. The third-order valence-electron chi connectivity index (χ3n) is 3.97. The van der Waals surface area contributed by atoms with Crippen LogP contribution in [0.4, 0.5) is 0 Å². The first-order valence-corrected chi connectivity index (χ1v) is 7.03. The number of carbonyl (C=O) groups is 2. The lowest BCUT2D eigenvalue weighted by Gasteiger charge is -2.40. The summed E-state index contributed by atoms with van der Waals surface area (Å²) < 4.78 is 4.69. The molecular weight excluding hydrogens is 252 g/mol. The van der Waals surface area contributed by atoms with Crippen molar-refractivity contribution < 1.29 is 14.3 Å². The van der Waals surface area contributed by atoms with Gasteiger partial charge >= 0.3 is 5.97 Å². The van der Waals surface area contributed by atoms with Gasteiger partial charge in [-0.05, 0) is 43.1 Å². The second-order valence-electron chi connectivity index (χ2n) is 6.02. The first-order valence-electron chi connectivity index (χ1n) is 7.03. The molecule has 3 nitrogen and oxygen atoms in total. The molecule has 0 heterocycles. The summed E-state index contributed by atoms with van der Waals surface area (Å²) in [6.45, 7) is 10.0. The zero-order valence-electron chi connectivity index (χ0n) is 12.6. The molecule has 1 rings (SSSR count). The molecule has 0 N–H and O–H groups in total. The summed E-state index contributed by atoms with van der Waals surface area (Å²) in [6, 6.07) is 0. The third-order valence-corrected chi connectivity index (χ3v) is 3.97. The SMILES string of the molecule is C=C1CCCC(C)(C)[C@@H]1C/C=C(C=O)\C=C\OC(C)=O. The molecule has 0 bridgehead atoms. The van der Waals surface area contributed by atoms with Crippen molar-refractivity contribution in [2.75, 3.05) is 0 Å². The number of aldehydes is 1. The van der Waals surface area contributed by atoms with Gasteiger partial charge < -0.3 is 4.74 Å². The first-order chi connectivity index (χ1) is 9.36. The first kappa shape index (κ1) is 16.4. The molecule has 1 atom stereocenters. The molecule has 0 unspecified atom stereocenters. The molecule has 0 amide bonds. The van der Waals surface area contributed by atoms with Gasteiger partial charge in [-0.3, -0.25) is 9.59 Å². The van der Waals surface area contributed by atoms with Gasteiger partial charge in [-0.1, -0.05) is 32.1 Å². The van der Waals surface area contributed by atoms with Crippen LogP contribution < -0.4 is 0 Å². The Bertz CT molecular complexity index is 441. The van der Waals surface area contributed by atoms with Crippen LogP contribution in [0.15, 0.2) is 36.1 Å². The molecule has 0 radical (unpaired) electrons. The number of hydrogen-bond donors (Lipinski definition) is 0. The van der Waals surface area contributed by atoms with Gasteiger partial charge in [0, 0.05) is 12.5 Å². The van der Waals surface area contributed by atoms with Crippen molar-refractivity contribution in [1.82, 2.24) is 0 Å². The topological polar surface area (TPSA) is 43.4 Å². The van der Waals surface area contributed by atoms with E-state index < -0.39 is 5.97 Å². The number of carbonyl (C=O) groups excluding carboxylic acids is 2. The lowest BCUT2D eigenvalue weighted by Crippen LogP contribution is -2.29. The van der Waals surface area contributed by atoms with Crippen molar-refractivity contribution in [3.63, 3.8) is 0 Å². The highest BCUT2D eigenvalue weighted by atomic mass is 16.5. The van der Waals surface area contributed by atoms with Crippen molar-refractivity contribution in [1.29, 1.82) is 0 Å². The van der Waals surface area contributed by atoms with Gasteiger partial charge in [0.2, 0.25) is 0 Å². The van der Waals surface area contributed by atoms with E-state index in [0.717, 1.165) is 19.1 Å². The Hall–Kier alpha value is -1.64. The third kappa shape index (κ3) is 4.80. The van der Waals surface area contributed by atoms with Crippen molar-refractivity contribution in [3.8, 4) is 0 Å². The second-order valence-corrected chi connectivity index (χ2v) is 6.02. The Labute approximate surface area is 121 Å². The summed E-state index contributed by atoms with van der Waals surface area (Å²) in [6.07, 6.45) is 9.69. The average molecular weight is 276 g/mol. The fraction of sp³-hybridized carbons (Fsp3) is 0.529. The van der Waals surface area contributed by atoms with E-state index in [4.69, 9.17) is 4.74 Å². The highest BCUT2D eigenvalue weighted by Gasteiger charge is 2.33. The van der Waals surface area contributed by atoms with E-state index >= 15 is 0 Å². The Morgan fingerprint density at radius 3 is 2.75 bits per heavy atom. The predicted octanol–water partition coefficient (Wildman–Crippen LogP) is 3.96. The van der Waals surface area contributed by atoms with E-state index in [-0.39, 0.29) is 5.41 Å². The summed E-state index contributed by atoms with van der Waals surface area (Å²) in [5, 5.41) is 0. The van der Waals surface area contributed by atoms with E-state index in [2.05, 4.69) is 20.4 Å². The van der Waals surface area contributed by atoms with E-state index in [1.54, 1.807) is 0 Å². The van der Waals surface area contributed by atoms with Crippen LogP contribution >= 0.6 is 0 Å². The lowest BCUT2D eigenvalue weighted by atomic mass is 9.65. The highest BCUT2D eigenvalue weighted by Crippen LogP contribution is 2.45. The summed E-state index contributed by atoms with van der Waals surface area (Å²) in [5.74, 6) is 0.00150. The quantitative estimate of drug-likeness (QED) is 0.191. The summed E-state index contributed by atoms with van der Waals surface area (Å²) in [7, 11) is 0. The molecule has 0 aliphatic heterocycles. The molecule has 3 heteroatoms. The Morgan fingerprint density at radius 1 is 1.50 bits per heavy atom. The van der Waals surface area contributed by atoms with Crippen molar-refractivity contribution >= 4 is 12.3 Å². The van der Waals surface area contributed by atoms with Crippen molar-refractivity contribution in [3.05, 3.63) is 36.1 Å². The minimum atomic E-state index is -0.395. The molecule has 20 heavy (non-hydrogen) atoms. The standard InChI is InChI=1S/C17H24O3/c1-13-6-5-10-17(3,4)16(13)8-7-15(12-18)9-11-20-14(2)19/h7,9,11-12,16H,1,5-6,8,10H2,2-4H3/b11-9+,15-7+/t16-/m1/s1. The number of rotatable bonds is 5. The van der Waals surface area contributed by atoms with Gasteiger partial charge in [-0.25, -0.2) is 0 Å². The highest BCUT2D eigenvalue weighted by molar-refractivity contribution is 5.77. The van der Waals surface area contributed by atoms with Crippen LogP contribution in [0.5, 0.6) is 0 Å². The van der Waals surface area contributed by atoms with Crippen LogP contribution in [0.3, 0.4) is 0 Å². The second kappa shape index (κ2) is 7.22. The Balaban J connectivity index is 2.71. The number of ether oxygens (including phenoxy) is 1. The van der Waals surface area contributed by atoms with E-state index in [9.17, 15) is 9.59 Å². The number of allylic oxidation sites excluding steroid dienone is 4. The van der Waals surface area contributed by atoms with Gasteiger partial charge in [0.05, 0.1) is 6.26 Å².